The molecule has 14 nitrogen and oxygen atoms in total. The molecule has 0 heterocycles. The first-order valence-electron chi connectivity index (χ1n) is 24.8. The van der Waals surface area contributed by atoms with Crippen molar-refractivity contribution in [3.8, 4) is 0 Å². The molecule has 0 bridgehead atoms. The molecule has 0 spiro atoms. The van der Waals surface area contributed by atoms with Crippen molar-refractivity contribution in [2.45, 2.75) is 223 Å². The zero-order valence-corrected chi connectivity index (χ0v) is 41.0. The van der Waals surface area contributed by atoms with E-state index < -0.39 is 75.7 Å². The minimum Gasteiger partial charge on any atom is -0.462 e. The zero-order valence-electron chi connectivity index (χ0n) is 40.1. The first-order valence-corrected chi connectivity index (χ1v) is 26.3. The number of unbranched alkanes of at least 4 members (excludes halogenated alkanes) is 13. The van der Waals surface area contributed by atoms with Crippen LogP contribution in [0.4, 0.5) is 0 Å². The van der Waals surface area contributed by atoms with Crippen molar-refractivity contribution < 1.29 is 68.2 Å². The molecule has 0 saturated heterocycles. The minimum absolute atomic E-state index is 0.00358. The van der Waals surface area contributed by atoms with Gasteiger partial charge in [0.25, 0.3) is 0 Å². The van der Waals surface area contributed by atoms with Gasteiger partial charge in [-0.15, -0.1) is 0 Å². The van der Waals surface area contributed by atoms with Crippen LogP contribution in [0.25, 0.3) is 0 Å². The highest BCUT2D eigenvalue weighted by Gasteiger charge is 2.51. The Bertz CT molecular complexity index is 1450. The lowest BCUT2D eigenvalue weighted by Crippen LogP contribution is -2.64. The zero-order chi connectivity index (χ0) is 48.7. The molecule has 1 aliphatic rings. The van der Waals surface area contributed by atoms with Gasteiger partial charge in [-0.3, -0.25) is 18.6 Å². The number of phosphoric ester groups is 1. The Balaban J connectivity index is 2.47. The molecule has 9 atom stereocenters. The molecule has 1 aliphatic carbocycles. The summed E-state index contributed by atoms with van der Waals surface area (Å²) in [6, 6.07) is 0. The predicted molar refractivity (Wildman–Crippen MR) is 259 cm³/mol. The first-order chi connectivity index (χ1) is 31.8. The number of phosphoric acid groups is 1. The summed E-state index contributed by atoms with van der Waals surface area (Å²) < 4.78 is 33.5. The topological polar surface area (TPSA) is 230 Å². The molecule has 1 saturated carbocycles. The fourth-order valence-electron chi connectivity index (χ4n) is 7.00. The highest BCUT2D eigenvalue weighted by atomic mass is 31.2. The maximum atomic E-state index is 12.8. The average molecular weight is 955 g/mol. The van der Waals surface area contributed by atoms with E-state index >= 15 is 0 Å². The van der Waals surface area contributed by atoms with Crippen LogP contribution in [0.5, 0.6) is 0 Å². The molecule has 3 unspecified atom stereocenters. The normalized spacial score (nSPS) is 22.4. The summed E-state index contributed by atoms with van der Waals surface area (Å²) in [7, 11) is -5.15. The highest BCUT2D eigenvalue weighted by molar-refractivity contribution is 7.47. The molecule has 0 aromatic rings. The van der Waals surface area contributed by atoms with Gasteiger partial charge in [-0.25, -0.2) is 4.57 Å². The van der Waals surface area contributed by atoms with Crippen LogP contribution in [0, 0.1) is 0 Å². The molecular weight excluding hydrogens is 868 g/mol. The van der Waals surface area contributed by atoms with Crippen molar-refractivity contribution in [3.05, 3.63) is 72.9 Å². The van der Waals surface area contributed by atoms with E-state index in [-0.39, 0.29) is 18.9 Å². The smallest absolute Gasteiger partial charge is 0.462 e. The van der Waals surface area contributed by atoms with E-state index in [0.717, 1.165) is 77.0 Å². The van der Waals surface area contributed by atoms with E-state index in [9.17, 15) is 49.7 Å². The Labute approximate surface area is 396 Å². The van der Waals surface area contributed by atoms with E-state index in [1.807, 2.05) is 19.1 Å². The predicted octanol–water partition coefficient (Wildman–Crippen LogP) is 9.25. The summed E-state index contributed by atoms with van der Waals surface area (Å²) in [6.07, 6.45) is 34.6. The van der Waals surface area contributed by atoms with E-state index in [4.69, 9.17) is 18.5 Å². The standard InChI is InChI=1S/C51H87O14P/c1-3-5-6-7-8-9-10-11-12-13-14-15-16-20-23-26-29-32-35-38-44(53)62-40-43(41-63-66(60,61)65-51-49(58)47(56)46(55)48(57)50(51)59)64-45(54)39-36-33-30-27-24-21-18-17-19-22-25-28-31-34-37-42(52)4-2/h8-9,11-12,18-19,21-22,27-28,30-31,42-43,46-52,55-59H,3-7,10,13-17,20,23-26,29,32-41H2,1-2H3,(H,60,61)/b9-8-,12-11-,21-18-,22-19-,30-27-,31-28-/t42-,43-,46?,47-,48+,49-,50-,51?/m1/s1. The van der Waals surface area contributed by atoms with Crippen LogP contribution in [-0.2, 0) is 32.7 Å². The molecule has 0 radical (unpaired) electrons. The molecular formula is C51H87O14P. The van der Waals surface area contributed by atoms with Gasteiger partial charge < -0.3 is 45.0 Å². The summed E-state index contributed by atoms with van der Waals surface area (Å²) >= 11 is 0. The molecule has 0 aromatic heterocycles. The lowest BCUT2D eigenvalue weighted by Gasteiger charge is -2.41. The number of aliphatic hydroxyl groups excluding tert-OH is 6. The third kappa shape index (κ3) is 32.1. The summed E-state index contributed by atoms with van der Waals surface area (Å²) in [5.41, 5.74) is 0. The largest absolute Gasteiger partial charge is 0.472 e. The SMILES string of the molecule is CCCCC/C=C\C/C=C\CCCCCCCCCCCC(=O)OC[C@H](COP(=O)(O)OC1[C@H](O)[C@H](O)C(O)[C@H](O)[C@H]1O)OC(=O)CCC/C=C\C/C=C\C/C=C\C/C=C\CC[C@H](O)CC. The number of allylic oxidation sites excluding steroid dienone is 12. The molecule has 0 aliphatic heterocycles. The van der Waals surface area contributed by atoms with Crippen LogP contribution in [0.1, 0.15) is 174 Å². The molecule has 0 amide bonds. The second kappa shape index (κ2) is 40.2. The van der Waals surface area contributed by atoms with Gasteiger partial charge in [0.15, 0.2) is 6.10 Å². The second-order valence-corrected chi connectivity index (χ2v) is 18.5. The average Bonchev–Trinajstić information content (AvgIpc) is 3.30. The third-order valence-electron chi connectivity index (χ3n) is 11.2. The Morgan fingerprint density at radius 3 is 1.47 bits per heavy atom. The molecule has 380 valence electrons. The Hall–Kier alpha value is -2.75. The van der Waals surface area contributed by atoms with Crippen LogP contribution < -0.4 is 0 Å². The monoisotopic (exact) mass is 955 g/mol. The highest BCUT2D eigenvalue weighted by Crippen LogP contribution is 2.47. The minimum atomic E-state index is -5.15. The fraction of sp³-hybridized carbons (Fsp3) is 0.725. The van der Waals surface area contributed by atoms with Gasteiger partial charge in [0.05, 0.1) is 12.7 Å². The number of carbonyl (C=O) groups excluding carboxylic acids is 2. The maximum absolute atomic E-state index is 12.8. The van der Waals surface area contributed by atoms with Crippen molar-refractivity contribution >= 4 is 19.8 Å². The second-order valence-electron chi connectivity index (χ2n) is 17.1. The quantitative estimate of drug-likeness (QED) is 0.0131. The molecule has 0 aromatic carbocycles. The van der Waals surface area contributed by atoms with Crippen molar-refractivity contribution in [2.24, 2.45) is 0 Å². The molecule has 15 heteroatoms. The number of ether oxygens (including phenoxy) is 2. The summed E-state index contributed by atoms with van der Waals surface area (Å²) in [6.45, 7) is 2.95. The summed E-state index contributed by atoms with van der Waals surface area (Å²) in [5, 5.41) is 59.8. The summed E-state index contributed by atoms with van der Waals surface area (Å²) in [5.74, 6) is -1.19. The van der Waals surface area contributed by atoms with E-state index in [1.54, 1.807) is 0 Å². The van der Waals surface area contributed by atoms with Gasteiger partial charge in [-0.1, -0.05) is 145 Å². The Kier molecular flexibility index (Phi) is 37.3. The Morgan fingerprint density at radius 1 is 0.530 bits per heavy atom. The lowest BCUT2D eigenvalue weighted by atomic mass is 9.85. The van der Waals surface area contributed by atoms with Gasteiger partial charge in [0.1, 0.15) is 43.2 Å². The fourth-order valence-corrected chi connectivity index (χ4v) is 7.97. The van der Waals surface area contributed by atoms with Crippen LogP contribution in [0.15, 0.2) is 72.9 Å². The van der Waals surface area contributed by atoms with Crippen LogP contribution in [0.2, 0.25) is 0 Å². The number of hydrogen-bond donors (Lipinski definition) is 7. The first kappa shape index (κ1) is 61.3. The number of aliphatic hydroxyl groups is 6. The maximum Gasteiger partial charge on any atom is 0.472 e. The van der Waals surface area contributed by atoms with E-state index in [1.165, 1.54) is 51.4 Å². The van der Waals surface area contributed by atoms with Crippen LogP contribution in [0.3, 0.4) is 0 Å². The van der Waals surface area contributed by atoms with E-state index in [0.29, 0.717) is 19.3 Å². The summed E-state index contributed by atoms with van der Waals surface area (Å²) in [4.78, 5) is 35.8. The third-order valence-corrected chi connectivity index (χ3v) is 12.2. The number of hydrogen-bond acceptors (Lipinski definition) is 13. The van der Waals surface area contributed by atoms with Crippen LogP contribution in [-0.4, -0.2) is 110 Å². The van der Waals surface area contributed by atoms with Crippen molar-refractivity contribution in [3.63, 3.8) is 0 Å². The Morgan fingerprint density at radius 2 is 0.955 bits per heavy atom. The van der Waals surface area contributed by atoms with Gasteiger partial charge >= 0.3 is 19.8 Å². The van der Waals surface area contributed by atoms with Gasteiger partial charge in [0.2, 0.25) is 0 Å². The van der Waals surface area contributed by atoms with Gasteiger partial charge in [-0.2, -0.15) is 0 Å². The molecule has 66 heavy (non-hydrogen) atoms. The van der Waals surface area contributed by atoms with Crippen molar-refractivity contribution in [1.29, 1.82) is 0 Å². The van der Waals surface area contributed by atoms with Crippen molar-refractivity contribution in [2.75, 3.05) is 13.2 Å². The number of esters is 2. The molecule has 1 rings (SSSR count). The van der Waals surface area contributed by atoms with Crippen LogP contribution >= 0.6 is 7.82 Å². The van der Waals surface area contributed by atoms with Crippen molar-refractivity contribution in [1.82, 2.24) is 0 Å². The lowest BCUT2D eigenvalue weighted by molar-refractivity contribution is -0.220. The number of rotatable bonds is 40. The van der Waals surface area contributed by atoms with Gasteiger partial charge in [-0.05, 0) is 89.9 Å². The number of carbonyl (C=O) groups is 2. The molecule has 1 fully saturated rings. The van der Waals surface area contributed by atoms with Gasteiger partial charge in [0, 0.05) is 12.8 Å². The molecule has 7 N–H and O–H groups in total. The van der Waals surface area contributed by atoms with E-state index in [2.05, 4.69) is 67.7 Å².